The van der Waals surface area contributed by atoms with Crippen LogP contribution in [-0.2, 0) is 0 Å². The Morgan fingerprint density at radius 1 is 1.29 bits per heavy atom. The molecule has 6 nitrogen and oxygen atoms in total. The number of aromatic nitrogens is 1. The maximum atomic E-state index is 11.5. The number of H-pyrrole nitrogens is 1. The number of nitrogens with two attached hydrogens (primary N) is 2. The second-order valence-electron chi connectivity index (χ2n) is 4.46. The first kappa shape index (κ1) is 15.0. The largest absolute Gasteiger partial charge is 0.365 e. The molecule has 0 fully saturated rings. The number of hydrogen-bond donors (Lipinski definition) is 4. The molecule has 0 aliphatic rings. The lowest BCUT2D eigenvalue weighted by molar-refractivity contribution is 0.100. The summed E-state index contributed by atoms with van der Waals surface area (Å²) in [6.45, 7) is 1.99. The molecule has 0 saturated carbocycles. The molecular formula is C14H16N4O2S. The third kappa shape index (κ3) is 3.03. The summed E-state index contributed by atoms with van der Waals surface area (Å²) in [6, 6.07) is 6.73. The summed E-state index contributed by atoms with van der Waals surface area (Å²) in [5, 5.41) is 2.37. The molecule has 1 heterocycles. The minimum absolute atomic E-state index is 0.192. The smallest absolute Gasteiger partial charge is 0.317 e. The van der Waals surface area contributed by atoms with Gasteiger partial charge in [-0.15, -0.1) is 11.8 Å². The van der Waals surface area contributed by atoms with E-state index in [4.69, 9.17) is 11.5 Å². The van der Waals surface area contributed by atoms with Crippen LogP contribution in [0.1, 0.15) is 15.9 Å². The molecule has 110 valence electrons. The first-order valence-electron chi connectivity index (χ1n) is 6.17. The molecule has 0 unspecified atom stereocenters. The highest BCUT2D eigenvalue weighted by Gasteiger charge is 2.16. The number of nitrogens with one attached hydrogen (secondary N) is 2. The number of hydrogen-bond acceptors (Lipinski definition) is 3. The summed E-state index contributed by atoms with van der Waals surface area (Å²) in [6.07, 6.45) is 2.00. The monoisotopic (exact) mass is 304 g/mol. The Balaban J connectivity index is 2.55. The molecule has 7 heteroatoms. The van der Waals surface area contributed by atoms with Gasteiger partial charge in [0.25, 0.3) is 5.91 Å². The van der Waals surface area contributed by atoms with E-state index in [1.165, 1.54) is 0 Å². The minimum atomic E-state index is -0.763. The Kier molecular flexibility index (Phi) is 4.23. The number of carbonyl (C=O) groups excluding carboxylic acids is 2. The van der Waals surface area contributed by atoms with Crippen LogP contribution in [0.25, 0.3) is 11.3 Å². The molecule has 0 aliphatic heterocycles. The van der Waals surface area contributed by atoms with Gasteiger partial charge in [-0.1, -0.05) is 12.1 Å². The maximum absolute atomic E-state index is 11.5. The van der Waals surface area contributed by atoms with E-state index in [-0.39, 0.29) is 11.4 Å². The molecule has 0 spiro atoms. The Hall–Kier alpha value is -2.41. The topological polar surface area (TPSA) is 114 Å². The van der Waals surface area contributed by atoms with Gasteiger partial charge in [-0.2, -0.15) is 0 Å². The summed E-state index contributed by atoms with van der Waals surface area (Å²) >= 11 is 1.64. The molecule has 0 aliphatic carbocycles. The van der Waals surface area contributed by atoms with Gasteiger partial charge >= 0.3 is 6.03 Å². The van der Waals surface area contributed by atoms with Gasteiger partial charge in [-0.05, 0) is 30.9 Å². The lowest BCUT2D eigenvalue weighted by Crippen LogP contribution is -2.22. The lowest BCUT2D eigenvalue weighted by atomic mass is 10.1. The van der Waals surface area contributed by atoms with Crippen LogP contribution >= 0.6 is 11.8 Å². The molecule has 0 saturated heterocycles. The molecule has 3 amide bonds. The number of benzene rings is 1. The van der Waals surface area contributed by atoms with Crippen LogP contribution in [0.3, 0.4) is 0 Å². The van der Waals surface area contributed by atoms with Gasteiger partial charge < -0.3 is 16.5 Å². The average Bonchev–Trinajstić information content (AvgIpc) is 2.82. The Morgan fingerprint density at radius 2 is 2.00 bits per heavy atom. The van der Waals surface area contributed by atoms with Crippen LogP contribution in [0.4, 0.5) is 10.6 Å². The molecular weight excluding hydrogens is 288 g/mol. The number of rotatable bonds is 4. The summed E-state index contributed by atoms with van der Waals surface area (Å²) in [4.78, 5) is 26.6. The van der Waals surface area contributed by atoms with Crippen molar-refractivity contribution in [2.45, 2.75) is 11.8 Å². The van der Waals surface area contributed by atoms with Crippen molar-refractivity contribution in [3.63, 3.8) is 0 Å². The van der Waals surface area contributed by atoms with Gasteiger partial charge in [-0.3, -0.25) is 10.1 Å². The van der Waals surface area contributed by atoms with Gasteiger partial charge in [0.2, 0.25) is 0 Å². The molecule has 21 heavy (non-hydrogen) atoms. The summed E-state index contributed by atoms with van der Waals surface area (Å²) < 4.78 is 0. The first-order chi connectivity index (χ1) is 9.93. The molecule has 2 aromatic rings. The molecule has 6 N–H and O–H groups in total. The zero-order chi connectivity index (χ0) is 15.6. The molecule has 1 aromatic carbocycles. The van der Waals surface area contributed by atoms with Crippen molar-refractivity contribution in [2.24, 2.45) is 11.5 Å². The van der Waals surface area contributed by atoms with Crippen LogP contribution in [-0.4, -0.2) is 23.2 Å². The van der Waals surface area contributed by atoms with Gasteiger partial charge in [0.1, 0.15) is 5.82 Å². The third-order valence-corrected chi connectivity index (χ3v) is 4.01. The summed E-state index contributed by atoms with van der Waals surface area (Å²) in [7, 11) is 0. The van der Waals surface area contributed by atoms with E-state index >= 15 is 0 Å². The minimum Gasteiger partial charge on any atom is -0.365 e. The SMILES string of the molecule is CSc1cccc(-c2cc(C(N)=O)c(NC(N)=O)[nH]2)c1C. The van der Waals surface area contributed by atoms with E-state index in [9.17, 15) is 9.59 Å². The average molecular weight is 304 g/mol. The van der Waals surface area contributed by atoms with E-state index in [1.54, 1.807) is 17.8 Å². The third-order valence-electron chi connectivity index (χ3n) is 3.13. The lowest BCUT2D eigenvalue weighted by Gasteiger charge is -2.08. The number of urea groups is 1. The highest BCUT2D eigenvalue weighted by atomic mass is 32.2. The van der Waals surface area contributed by atoms with E-state index < -0.39 is 11.9 Å². The van der Waals surface area contributed by atoms with E-state index in [0.29, 0.717) is 5.69 Å². The van der Waals surface area contributed by atoms with Crippen LogP contribution in [0.5, 0.6) is 0 Å². The predicted octanol–water partition coefficient (Wildman–Crippen LogP) is 2.30. The fourth-order valence-electron chi connectivity index (χ4n) is 2.14. The zero-order valence-corrected chi connectivity index (χ0v) is 12.5. The molecule has 0 atom stereocenters. The Labute approximate surface area is 126 Å². The molecule has 0 radical (unpaired) electrons. The fraction of sp³-hybridized carbons (Fsp3) is 0.143. The van der Waals surface area contributed by atoms with Crippen LogP contribution in [0.15, 0.2) is 29.2 Å². The van der Waals surface area contributed by atoms with Gasteiger partial charge in [0, 0.05) is 16.2 Å². The Morgan fingerprint density at radius 3 is 2.57 bits per heavy atom. The van der Waals surface area contributed by atoms with Crippen molar-refractivity contribution in [2.75, 3.05) is 11.6 Å². The maximum Gasteiger partial charge on any atom is 0.317 e. The number of amides is 3. The van der Waals surface area contributed by atoms with Crippen LogP contribution in [0, 0.1) is 6.92 Å². The fourth-order valence-corrected chi connectivity index (χ4v) is 2.77. The van der Waals surface area contributed by atoms with Crippen molar-refractivity contribution in [3.05, 3.63) is 35.4 Å². The second kappa shape index (κ2) is 5.92. The number of anilines is 1. The van der Waals surface area contributed by atoms with E-state index in [0.717, 1.165) is 16.0 Å². The predicted molar refractivity (Wildman–Crippen MR) is 84.5 cm³/mol. The van der Waals surface area contributed by atoms with Gasteiger partial charge in [0.15, 0.2) is 0 Å². The second-order valence-corrected chi connectivity index (χ2v) is 5.31. The number of thioether (sulfide) groups is 1. The van der Waals surface area contributed by atoms with E-state index in [1.807, 2.05) is 31.4 Å². The van der Waals surface area contributed by atoms with Crippen LogP contribution in [0.2, 0.25) is 0 Å². The zero-order valence-electron chi connectivity index (χ0n) is 11.7. The summed E-state index contributed by atoms with van der Waals surface area (Å²) in [5.41, 5.74) is 13.3. The van der Waals surface area contributed by atoms with Crippen molar-refractivity contribution in [1.29, 1.82) is 0 Å². The van der Waals surface area contributed by atoms with Crippen LogP contribution < -0.4 is 16.8 Å². The quantitative estimate of drug-likeness (QED) is 0.650. The summed E-state index contributed by atoms with van der Waals surface area (Å²) in [5.74, 6) is -0.432. The highest BCUT2D eigenvalue weighted by molar-refractivity contribution is 7.98. The molecule has 1 aromatic heterocycles. The van der Waals surface area contributed by atoms with Crippen molar-refractivity contribution < 1.29 is 9.59 Å². The standard InChI is InChI=1S/C14H16N4O2S/c1-7-8(4-3-5-11(7)21-2)10-6-9(12(15)19)13(17-10)18-14(16)20/h3-6,17H,1-2H3,(H2,15,19)(H3,16,18,20). The van der Waals surface area contributed by atoms with Crippen molar-refractivity contribution in [1.82, 2.24) is 4.98 Å². The number of aromatic amines is 1. The number of primary amides is 2. The van der Waals surface area contributed by atoms with Crippen molar-refractivity contribution in [3.8, 4) is 11.3 Å². The Bertz CT molecular complexity index is 709. The highest BCUT2D eigenvalue weighted by Crippen LogP contribution is 2.31. The van der Waals surface area contributed by atoms with Gasteiger partial charge in [-0.25, -0.2) is 4.79 Å². The van der Waals surface area contributed by atoms with Gasteiger partial charge in [0.05, 0.1) is 5.56 Å². The number of carbonyl (C=O) groups is 2. The normalized spacial score (nSPS) is 10.4. The molecule has 0 bridgehead atoms. The van der Waals surface area contributed by atoms with Crippen molar-refractivity contribution >= 4 is 29.5 Å². The van der Waals surface area contributed by atoms with E-state index in [2.05, 4.69) is 10.3 Å². The first-order valence-corrected chi connectivity index (χ1v) is 7.39. The molecule has 2 rings (SSSR count).